The molecule has 2 N–H and O–H groups in total. The molecule has 2 heterocycles. The summed E-state index contributed by atoms with van der Waals surface area (Å²) in [7, 11) is 0. The fourth-order valence-electron chi connectivity index (χ4n) is 4.08. The van der Waals surface area contributed by atoms with Gasteiger partial charge < -0.3 is 5.73 Å². The molecule has 28 heavy (non-hydrogen) atoms. The van der Waals surface area contributed by atoms with E-state index in [1.807, 2.05) is 5.38 Å². The average Bonchev–Trinajstić information content (AvgIpc) is 3.08. The number of amides is 1. The second kappa shape index (κ2) is 7.02. The number of hydrogen-bond acceptors (Lipinski definition) is 5. The van der Waals surface area contributed by atoms with Crippen LogP contribution in [0.15, 0.2) is 23.0 Å². The zero-order valence-corrected chi connectivity index (χ0v) is 16.1. The molecule has 1 atom stereocenters. The number of primary amides is 1. The van der Waals surface area contributed by atoms with E-state index in [2.05, 4.69) is 10.3 Å². The minimum absolute atomic E-state index is 0.0332. The van der Waals surface area contributed by atoms with Crippen LogP contribution in [0.3, 0.4) is 0 Å². The normalized spacial score (nSPS) is 21.9. The van der Waals surface area contributed by atoms with Crippen molar-refractivity contribution in [2.75, 3.05) is 0 Å². The summed E-state index contributed by atoms with van der Waals surface area (Å²) in [6, 6.07) is 1.77. The Bertz CT molecular complexity index is 866. The first kappa shape index (κ1) is 19.2. The number of ketones is 1. The lowest BCUT2D eigenvalue weighted by Gasteiger charge is -2.32. The number of aromatic nitrogens is 3. The van der Waals surface area contributed by atoms with Gasteiger partial charge in [-0.25, -0.2) is 13.5 Å². The van der Waals surface area contributed by atoms with Crippen molar-refractivity contribution in [1.29, 1.82) is 0 Å². The fourth-order valence-corrected chi connectivity index (χ4v) is 4.74. The summed E-state index contributed by atoms with van der Waals surface area (Å²) in [4.78, 5) is 24.5. The van der Waals surface area contributed by atoms with Crippen molar-refractivity contribution in [3.63, 3.8) is 0 Å². The van der Waals surface area contributed by atoms with Gasteiger partial charge in [-0.1, -0.05) is 5.21 Å². The smallest absolute Gasteiger partial charge is 0.248 e. The Morgan fingerprint density at radius 1 is 1.29 bits per heavy atom. The van der Waals surface area contributed by atoms with E-state index < -0.39 is 17.4 Å². The average molecular weight is 408 g/mol. The zero-order chi connectivity index (χ0) is 19.9. The zero-order valence-electron chi connectivity index (χ0n) is 15.3. The third kappa shape index (κ3) is 3.59. The van der Waals surface area contributed by atoms with Crippen molar-refractivity contribution >= 4 is 23.0 Å². The van der Waals surface area contributed by atoms with E-state index in [1.54, 1.807) is 17.6 Å². The Morgan fingerprint density at radius 3 is 2.57 bits per heavy atom. The number of carbonyl (C=O) groups is 2. The molecule has 2 aliphatic rings. The van der Waals surface area contributed by atoms with Gasteiger partial charge in [-0.2, -0.15) is 11.3 Å². The molecular formula is C19H22F2N4O2S. The van der Waals surface area contributed by atoms with E-state index in [1.165, 1.54) is 16.0 Å². The van der Waals surface area contributed by atoms with Crippen LogP contribution in [0.5, 0.6) is 0 Å². The molecule has 2 saturated carbocycles. The summed E-state index contributed by atoms with van der Waals surface area (Å²) in [5, 5.41) is 11.9. The highest BCUT2D eigenvalue weighted by molar-refractivity contribution is 7.08. The van der Waals surface area contributed by atoms with Crippen molar-refractivity contribution < 1.29 is 18.4 Å². The summed E-state index contributed by atoms with van der Waals surface area (Å²) in [5.41, 5.74) is 5.88. The van der Waals surface area contributed by atoms with Gasteiger partial charge in [0.2, 0.25) is 11.8 Å². The minimum Gasteiger partial charge on any atom is -0.368 e. The first-order chi connectivity index (χ1) is 13.3. The Morgan fingerprint density at radius 2 is 2.00 bits per heavy atom. The van der Waals surface area contributed by atoms with Crippen LogP contribution in [0.1, 0.15) is 66.9 Å². The number of thiophene rings is 1. The lowest BCUT2D eigenvalue weighted by atomic mass is 9.75. The molecule has 0 unspecified atom stereocenters. The second-order valence-corrected chi connectivity index (χ2v) is 8.70. The molecule has 2 aromatic rings. The Labute approximate surface area is 165 Å². The van der Waals surface area contributed by atoms with Crippen molar-refractivity contribution in [1.82, 2.24) is 15.0 Å². The first-order valence-electron chi connectivity index (χ1n) is 9.47. The van der Waals surface area contributed by atoms with Gasteiger partial charge in [0.25, 0.3) is 0 Å². The van der Waals surface area contributed by atoms with E-state index in [9.17, 15) is 18.4 Å². The molecule has 0 aromatic carbocycles. The van der Waals surface area contributed by atoms with E-state index >= 15 is 0 Å². The number of nitrogens with two attached hydrogens (primary N) is 1. The predicted molar refractivity (Wildman–Crippen MR) is 99.3 cm³/mol. The van der Waals surface area contributed by atoms with Gasteiger partial charge in [0.15, 0.2) is 5.78 Å². The van der Waals surface area contributed by atoms with Crippen molar-refractivity contribution in [3.05, 3.63) is 34.3 Å². The number of carbonyl (C=O) groups excluding carboxylic acids is 2. The molecule has 4 rings (SSSR count). The third-order valence-electron chi connectivity index (χ3n) is 6.09. The summed E-state index contributed by atoms with van der Waals surface area (Å²) in [5.74, 6) is -3.50. The van der Waals surface area contributed by atoms with Crippen LogP contribution in [0, 0.1) is 5.92 Å². The van der Waals surface area contributed by atoms with Crippen molar-refractivity contribution in [2.45, 2.75) is 62.3 Å². The highest BCUT2D eigenvalue weighted by atomic mass is 32.1. The number of nitrogens with zero attached hydrogens (tertiary/aromatic N) is 3. The van der Waals surface area contributed by atoms with Gasteiger partial charge >= 0.3 is 0 Å². The number of rotatable bonds is 7. The van der Waals surface area contributed by atoms with Crippen LogP contribution in [0.4, 0.5) is 8.78 Å². The molecule has 0 saturated heterocycles. The summed E-state index contributed by atoms with van der Waals surface area (Å²) >= 11 is 1.44. The molecule has 150 valence electrons. The van der Waals surface area contributed by atoms with Gasteiger partial charge in [0, 0.05) is 42.3 Å². The molecule has 2 aliphatic carbocycles. The molecule has 6 nitrogen and oxygen atoms in total. The summed E-state index contributed by atoms with van der Waals surface area (Å²) in [6.45, 7) is 0. The SMILES string of the molecule is NC(=O)C1(n2cc([C@@H](CC(=O)c3ccsc3)C3CCC(F)(F)CC3)nn2)CC1. The second-order valence-electron chi connectivity index (χ2n) is 7.92. The fraction of sp³-hybridized carbons (Fsp3) is 0.579. The van der Waals surface area contributed by atoms with Crippen LogP contribution in [0.2, 0.25) is 0 Å². The van der Waals surface area contributed by atoms with E-state index in [-0.39, 0.29) is 36.9 Å². The van der Waals surface area contributed by atoms with Crippen LogP contribution in [0.25, 0.3) is 0 Å². The molecule has 0 radical (unpaired) electrons. The summed E-state index contributed by atoms with van der Waals surface area (Å²) < 4.78 is 28.8. The Kier molecular flexibility index (Phi) is 4.81. The lowest BCUT2D eigenvalue weighted by Crippen LogP contribution is -2.34. The number of Topliss-reactive ketones (excluding diaryl/α,β-unsaturated/α-hetero) is 1. The van der Waals surface area contributed by atoms with Gasteiger partial charge in [-0.05, 0) is 43.0 Å². The molecule has 2 fully saturated rings. The van der Waals surface area contributed by atoms with Gasteiger partial charge in [0.05, 0.1) is 5.69 Å². The molecular weight excluding hydrogens is 386 g/mol. The van der Waals surface area contributed by atoms with Crippen LogP contribution in [-0.2, 0) is 10.3 Å². The number of halogens is 2. The van der Waals surface area contributed by atoms with Gasteiger partial charge in [-0.3, -0.25) is 9.59 Å². The molecule has 9 heteroatoms. The van der Waals surface area contributed by atoms with Crippen molar-refractivity contribution in [2.24, 2.45) is 11.7 Å². The standard InChI is InChI=1S/C19H22F2N4O2S/c20-19(21)4-1-12(2-5-19)14(9-16(26)13-3-8-28-11-13)15-10-25(24-23-15)18(6-7-18)17(22)27/h3,8,10-12,14H,1-2,4-7,9H2,(H2,22,27)/t14-/m0/s1. The lowest BCUT2D eigenvalue weighted by molar-refractivity contribution is -0.122. The van der Waals surface area contributed by atoms with E-state index in [4.69, 9.17) is 5.73 Å². The minimum atomic E-state index is -2.64. The maximum absolute atomic E-state index is 13.6. The molecule has 1 amide bonds. The third-order valence-corrected chi connectivity index (χ3v) is 6.77. The monoisotopic (exact) mass is 408 g/mol. The largest absolute Gasteiger partial charge is 0.368 e. The van der Waals surface area contributed by atoms with Crippen LogP contribution >= 0.6 is 11.3 Å². The highest BCUT2D eigenvalue weighted by Gasteiger charge is 2.52. The molecule has 2 aromatic heterocycles. The topological polar surface area (TPSA) is 90.9 Å². The number of hydrogen-bond donors (Lipinski definition) is 1. The Balaban J connectivity index is 1.59. The molecule has 0 bridgehead atoms. The van der Waals surface area contributed by atoms with Gasteiger partial charge in [0.1, 0.15) is 5.54 Å². The predicted octanol–water partition coefficient (Wildman–Crippen LogP) is 3.50. The number of alkyl halides is 2. The molecule has 0 spiro atoms. The Hall–Kier alpha value is -2.16. The van der Waals surface area contributed by atoms with Gasteiger partial charge in [-0.15, -0.1) is 5.10 Å². The first-order valence-corrected chi connectivity index (χ1v) is 10.4. The van der Waals surface area contributed by atoms with E-state index in [0.29, 0.717) is 36.9 Å². The summed E-state index contributed by atoms with van der Waals surface area (Å²) in [6.07, 6.45) is 3.40. The van der Waals surface area contributed by atoms with Crippen LogP contribution < -0.4 is 5.73 Å². The van der Waals surface area contributed by atoms with Crippen LogP contribution in [-0.4, -0.2) is 32.6 Å². The quantitative estimate of drug-likeness (QED) is 0.710. The van der Waals surface area contributed by atoms with Crippen molar-refractivity contribution in [3.8, 4) is 0 Å². The highest BCUT2D eigenvalue weighted by Crippen LogP contribution is 2.46. The van der Waals surface area contributed by atoms with E-state index in [0.717, 1.165) is 0 Å². The molecule has 0 aliphatic heterocycles. The maximum atomic E-state index is 13.6. The maximum Gasteiger partial charge on any atom is 0.248 e.